The summed E-state index contributed by atoms with van der Waals surface area (Å²) in [5.74, 6) is -1.08. The number of carbonyl (C=O) groups excluding carboxylic acids is 1. The molecule has 0 aromatic rings. The minimum Gasteiger partial charge on any atom is -0.550 e. The number of carboxylic acid groups (broad SMARTS) is 1. The third-order valence-electron chi connectivity index (χ3n) is 0. The van der Waals surface area contributed by atoms with E-state index in [2.05, 4.69) is 0 Å². The molecule has 0 spiro atoms. The van der Waals surface area contributed by atoms with E-state index in [1.54, 1.807) is 0 Å². The van der Waals surface area contributed by atoms with Crippen molar-refractivity contribution in [3.05, 3.63) is 0 Å². The smallest absolute Gasteiger partial charge is 0.550 e. The van der Waals surface area contributed by atoms with Gasteiger partial charge in [0.25, 0.3) is 0 Å². The summed E-state index contributed by atoms with van der Waals surface area (Å²) in [6, 6.07) is 0. The molecule has 0 atom stereocenters. The number of aliphatic carboxylic acids is 1. The molecular formula is C2H5CoO3+. The van der Waals surface area contributed by atoms with Gasteiger partial charge in [-0.05, 0) is 6.92 Å². The van der Waals surface area contributed by atoms with Crippen molar-refractivity contribution in [2.24, 2.45) is 0 Å². The van der Waals surface area contributed by atoms with E-state index in [4.69, 9.17) is 9.90 Å². The first kappa shape index (κ1) is 16.8. The molecular weight excluding hydrogens is 131 g/mol. The van der Waals surface area contributed by atoms with E-state index in [1.807, 2.05) is 0 Å². The van der Waals surface area contributed by atoms with Crippen LogP contribution < -0.4 is 5.11 Å². The Labute approximate surface area is 45.9 Å². The van der Waals surface area contributed by atoms with Crippen LogP contribution in [-0.2, 0) is 21.6 Å². The fourth-order valence-electron chi connectivity index (χ4n) is 0. The van der Waals surface area contributed by atoms with Gasteiger partial charge in [0.2, 0.25) is 0 Å². The Morgan fingerprint density at radius 1 is 1.67 bits per heavy atom. The predicted octanol–water partition coefficient (Wildman–Crippen LogP) is -2.07. The Morgan fingerprint density at radius 2 is 1.67 bits per heavy atom. The summed E-state index contributed by atoms with van der Waals surface area (Å²) < 4.78 is 0. The van der Waals surface area contributed by atoms with Crippen molar-refractivity contribution in [1.29, 1.82) is 0 Å². The van der Waals surface area contributed by atoms with E-state index >= 15 is 0 Å². The molecule has 0 saturated heterocycles. The molecule has 0 unspecified atom stereocenters. The van der Waals surface area contributed by atoms with Crippen LogP contribution in [0.25, 0.3) is 0 Å². The van der Waals surface area contributed by atoms with E-state index in [-0.39, 0.29) is 22.3 Å². The molecule has 2 N–H and O–H groups in total. The van der Waals surface area contributed by atoms with E-state index in [9.17, 15) is 0 Å². The van der Waals surface area contributed by atoms with Crippen LogP contribution in [0, 0.1) is 0 Å². The standard InChI is InChI=1S/C2H4O2.Co.H2O/c1-2(3)4;;/h1H3,(H,3,4);;1H2/q;+2;/p-1. The second-order valence-electron chi connectivity index (χ2n) is 0.492. The summed E-state index contributed by atoms with van der Waals surface area (Å²) in [5, 5.41) is 8.89. The average molecular weight is 136 g/mol. The van der Waals surface area contributed by atoms with Crippen molar-refractivity contribution in [2.75, 3.05) is 0 Å². The van der Waals surface area contributed by atoms with Crippen LogP contribution in [0.5, 0.6) is 0 Å². The summed E-state index contributed by atoms with van der Waals surface area (Å²) >= 11 is 0. The van der Waals surface area contributed by atoms with Crippen LogP contribution in [0.4, 0.5) is 0 Å². The van der Waals surface area contributed by atoms with Gasteiger partial charge in [0.1, 0.15) is 0 Å². The molecule has 0 aromatic carbocycles. The van der Waals surface area contributed by atoms with E-state index < -0.39 is 5.97 Å². The quantitative estimate of drug-likeness (QED) is 0.383. The number of carboxylic acids is 1. The van der Waals surface area contributed by atoms with Crippen molar-refractivity contribution < 1.29 is 32.2 Å². The second kappa shape index (κ2) is 8.87. The van der Waals surface area contributed by atoms with Crippen molar-refractivity contribution in [3.8, 4) is 0 Å². The van der Waals surface area contributed by atoms with Gasteiger partial charge in [-0.1, -0.05) is 0 Å². The molecule has 0 aliphatic rings. The first-order valence-corrected chi connectivity index (χ1v) is 0.908. The molecule has 1 radical (unpaired) electrons. The third-order valence-corrected chi connectivity index (χ3v) is 0. The van der Waals surface area contributed by atoms with Gasteiger partial charge in [0.05, 0.1) is 0 Å². The van der Waals surface area contributed by atoms with Gasteiger partial charge in [-0.15, -0.1) is 0 Å². The van der Waals surface area contributed by atoms with Crippen molar-refractivity contribution in [1.82, 2.24) is 0 Å². The van der Waals surface area contributed by atoms with Crippen molar-refractivity contribution in [2.45, 2.75) is 6.92 Å². The third kappa shape index (κ3) is 8420. The zero-order valence-electron chi connectivity index (χ0n) is 3.15. The Hall–Kier alpha value is -0.0635. The molecule has 0 rings (SSSR count). The van der Waals surface area contributed by atoms with Gasteiger partial charge in [-0.2, -0.15) is 0 Å². The minimum atomic E-state index is -1.08. The zero-order valence-corrected chi connectivity index (χ0v) is 4.19. The molecule has 0 heterocycles. The maximum atomic E-state index is 8.89. The second-order valence-corrected chi connectivity index (χ2v) is 0.492. The fraction of sp³-hybridized carbons (Fsp3) is 0.500. The summed E-state index contributed by atoms with van der Waals surface area (Å²) in [7, 11) is 0. The molecule has 4 heteroatoms. The topological polar surface area (TPSA) is 71.6 Å². The SMILES string of the molecule is CC(=O)[O-].O.[Co+2]. The molecule has 0 aromatic heterocycles. The van der Waals surface area contributed by atoms with Gasteiger partial charge >= 0.3 is 16.8 Å². The van der Waals surface area contributed by atoms with E-state index in [0.29, 0.717) is 0 Å². The summed E-state index contributed by atoms with van der Waals surface area (Å²) in [6.45, 7) is 0.972. The number of rotatable bonds is 0. The Balaban J connectivity index is -0.0000000450. The molecule has 0 aliphatic heterocycles. The molecule has 0 saturated carbocycles. The molecule has 6 heavy (non-hydrogen) atoms. The molecule has 0 fully saturated rings. The minimum absolute atomic E-state index is 0. The first-order chi connectivity index (χ1) is 1.73. The van der Waals surface area contributed by atoms with Gasteiger partial charge in [0.15, 0.2) is 0 Å². The van der Waals surface area contributed by atoms with Gasteiger partial charge < -0.3 is 15.4 Å². The maximum absolute atomic E-state index is 8.89. The fourth-order valence-corrected chi connectivity index (χ4v) is 0. The van der Waals surface area contributed by atoms with Gasteiger partial charge in [0, 0.05) is 5.97 Å². The normalized spacial score (nSPS) is 4.17. The average Bonchev–Trinajstić information content (AvgIpc) is 0.811. The Kier molecular flexibility index (Phi) is 24.8. The van der Waals surface area contributed by atoms with Crippen LogP contribution >= 0.6 is 0 Å². The number of hydrogen-bond acceptors (Lipinski definition) is 2. The molecule has 0 amide bonds. The summed E-state index contributed by atoms with van der Waals surface area (Å²) in [6.07, 6.45) is 0. The maximum Gasteiger partial charge on any atom is 2.00 e. The Morgan fingerprint density at radius 3 is 1.67 bits per heavy atom. The number of carbonyl (C=O) groups is 1. The van der Waals surface area contributed by atoms with Crippen LogP contribution in [0.15, 0.2) is 0 Å². The van der Waals surface area contributed by atoms with Crippen LogP contribution in [0.3, 0.4) is 0 Å². The first-order valence-electron chi connectivity index (χ1n) is 0.908. The van der Waals surface area contributed by atoms with Gasteiger partial charge in [-0.3, -0.25) is 0 Å². The van der Waals surface area contributed by atoms with Crippen molar-refractivity contribution in [3.63, 3.8) is 0 Å². The van der Waals surface area contributed by atoms with Crippen molar-refractivity contribution >= 4 is 5.97 Å². The molecule has 39 valence electrons. The van der Waals surface area contributed by atoms with E-state index in [1.165, 1.54) is 0 Å². The predicted molar refractivity (Wildman–Crippen MR) is 14.3 cm³/mol. The van der Waals surface area contributed by atoms with Gasteiger partial charge in [-0.25, -0.2) is 0 Å². The van der Waals surface area contributed by atoms with E-state index in [0.717, 1.165) is 6.92 Å². The Bertz CT molecular complexity index is 31.8. The zero-order chi connectivity index (χ0) is 3.58. The summed E-state index contributed by atoms with van der Waals surface area (Å²) in [5.41, 5.74) is 0. The van der Waals surface area contributed by atoms with Crippen LogP contribution in [0.1, 0.15) is 6.92 Å². The molecule has 3 nitrogen and oxygen atoms in total. The van der Waals surface area contributed by atoms with Crippen LogP contribution in [0.2, 0.25) is 0 Å². The molecule has 0 bridgehead atoms. The molecule has 0 aliphatic carbocycles. The number of hydrogen-bond donors (Lipinski definition) is 0. The summed E-state index contributed by atoms with van der Waals surface area (Å²) in [4.78, 5) is 8.89. The van der Waals surface area contributed by atoms with Crippen LogP contribution in [-0.4, -0.2) is 11.4 Å². The largest absolute Gasteiger partial charge is 2.00 e. The monoisotopic (exact) mass is 136 g/mol.